The van der Waals surface area contributed by atoms with E-state index in [2.05, 4.69) is 0 Å². The zero-order valence-corrected chi connectivity index (χ0v) is 16.0. The molecule has 28 heavy (non-hydrogen) atoms. The first-order valence-corrected chi connectivity index (χ1v) is 9.97. The Hall–Kier alpha value is -2.55. The molecule has 4 rings (SSSR count). The van der Waals surface area contributed by atoms with Crippen molar-refractivity contribution < 1.29 is 19.2 Å². The summed E-state index contributed by atoms with van der Waals surface area (Å²) in [6.07, 6.45) is 4.70. The van der Waals surface area contributed by atoms with Crippen LogP contribution in [0.4, 0.5) is 5.69 Å². The standard InChI is InChI=1S/C20H20N2O5S/c23-19(21-11-9-20(10-12-21)26-13-14-27-20)8-6-15-5-7-18(28-15)16-3-1-2-4-17(16)22(24)25/h1-8H,9-14H2. The number of thiophene rings is 1. The number of likely N-dealkylation sites (tertiary alicyclic amines) is 1. The molecule has 0 unspecified atom stereocenters. The first kappa shape index (κ1) is 18.8. The molecule has 0 N–H and O–H groups in total. The molecule has 0 atom stereocenters. The lowest BCUT2D eigenvalue weighted by Gasteiger charge is -2.37. The normalized spacial score (nSPS) is 18.8. The van der Waals surface area contributed by atoms with E-state index in [9.17, 15) is 14.9 Å². The summed E-state index contributed by atoms with van der Waals surface area (Å²) in [6, 6.07) is 10.4. The fourth-order valence-corrected chi connectivity index (χ4v) is 4.49. The quantitative estimate of drug-likeness (QED) is 0.444. The number of nitrogens with zero attached hydrogens (tertiary/aromatic N) is 2. The minimum Gasteiger partial charge on any atom is -0.347 e. The minimum atomic E-state index is -0.493. The van der Waals surface area contributed by atoms with E-state index in [1.165, 1.54) is 17.4 Å². The van der Waals surface area contributed by atoms with Crippen LogP contribution >= 0.6 is 11.3 Å². The Bertz CT molecular complexity index is 907. The molecule has 0 saturated carbocycles. The minimum absolute atomic E-state index is 0.0477. The van der Waals surface area contributed by atoms with E-state index in [0.717, 1.165) is 9.75 Å². The molecule has 8 heteroatoms. The van der Waals surface area contributed by atoms with Gasteiger partial charge in [-0.25, -0.2) is 0 Å². The molecule has 146 valence electrons. The molecule has 0 bridgehead atoms. The van der Waals surface area contributed by atoms with Gasteiger partial charge in [-0.3, -0.25) is 14.9 Å². The molecule has 0 radical (unpaired) electrons. The second-order valence-corrected chi connectivity index (χ2v) is 7.86. The predicted molar refractivity (Wildman–Crippen MR) is 106 cm³/mol. The maximum absolute atomic E-state index is 12.5. The van der Waals surface area contributed by atoms with Gasteiger partial charge in [0.05, 0.1) is 23.7 Å². The van der Waals surface area contributed by atoms with Crippen molar-refractivity contribution in [2.75, 3.05) is 26.3 Å². The second-order valence-electron chi connectivity index (χ2n) is 6.74. The Labute approximate surface area is 166 Å². The molecular formula is C20H20N2O5S. The number of nitro groups is 1. The summed E-state index contributed by atoms with van der Waals surface area (Å²) >= 11 is 1.42. The average Bonchev–Trinajstić information content (AvgIpc) is 3.37. The number of carbonyl (C=O) groups excluding carboxylic acids is 1. The molecule has 0 aliphatic carbocycles. The van der Waals surface area contributed by atoms with E-state index in [0.29, 0.717) is 44.7 Å². The Morgan fingerprint density at radius 2 is 1.86 bits per heavy atom. The van der Waals surface area contributed by atoms with Crippen molar-refractivity contribution in [2.45, 2.75) is 18.6 Å². The van der Waals surface area contributed by atoms with Crippen molar-refractivity contribution >= 4 is 29.0 Å². The fraction of sp³-hybridized carbons (Fsp3) is 0.350. The number of piperidine rings is 1. The first-order chi connectivity index (χ1) is 13.6. The van der Waals surface area contributed by atoms with E-state index in [1.54, 1.807) is 35.3 Å². The summed E-state index contributed by atoms with van der Waals surface area (Å²) in [6.45, 7) is 2.45. The Balaban J connectivity index is 1.41. The van der Waals surface area contributed by atoms with Crippen LogP contribution in [-0.4, -0.2) is 47.8 Å². The van der Waals surface area contributed by atoms with Crippen LogP contribution in [0.1, 0.15) is 17.7 Å². The van der Waals surface area contributed by atoms with Crippen molar-refractivity contribution in [2.24, 2.45) is 0 Å². The lowest BCUT2D eigenvalue weighted by atomic mass is 10.0. The van der Waals surface area contributed by atoms with E-state index in [4.69, 9.17) is 9.47 Å². The number of benzene rings is 1. The van der Waals surface area contributed by atoms with Gasteiger partial charge in [-0.2, -0.15) is 0 Å². The average molecular weight is 400 g/mol. The van der Waals surface area contributed by atoms with Crippen LogP contribution in [0, 0.1) is 10.1 Å². The molecule has 1 aromatic heterocycles. The topological polar surface area (TPSA) is 81.9 Å². The summed E-state index contributed by atoms with van der Waals surface area (Å²) in [5.74, 6) is -0.540. The largest absolute Gasteiger partial charge is 0.347 e. The van der Waals surface area contributed by atoms with Crippen LogP contribution in [0.25, 0.3) is 16.5 Å². The molecule has 7 nitrogen and oxygen atoms in total. The van der Waals surface area contributed by atoms with Gasteiger partial charge in [-0.1, -0.05) is 12.1 Å². The van der Waals surface area contributed by atoms with Gasteiger partial charge in [0, 0.05) is 47.8 Å². The monoisotopic (exact) mass is 400 g/mol. The third-order valence-electron chi connectivity index (χ3n) is 5.03. The highest BCUT2D eigenvalue weighted by Crippen LogP contribution is 2.35. The molecule has 2 saturated heterocycles. The number of nitro benzene ring substituents is 1. The summed E-state index contributed by atoms with van der Waals surface area (Å²) in [7, 11) is 0. The number of hydrogen-bond donors (Lipinski definition) is 0. The predicted octanol–water partition coefficient (Wildman–Crippen LogP) is 3.70. The van der Waals surface area contributed by atoms with Crippen LogP contribution in [0.15, 0.2) is 42.5 Å². The number of hydrogen-bond acceptors (Lipinski definition) is 6. The van der Waals surface area contributed by atoms with Crippen molar-refractivity contribution in [3.8, 4) is 10.4 Å². The SMILES string of the molecule is O=C(C=Cc1ccc(-c2ccccc2[N+](=O)[O-])s1)N1CCC2(CC1)OCCO2. The van der Waals surface area contributed by atoms with E-state index in [-0.39, 0.29) is 16.5 Å². The van der Waals surface area contributed by atoms with Crippen LogP contribution < -0.4 is 0 Å². The van der Waals surface area contributed by atoms with Gasteiger partial charge < -0.3 is 14.4 Å². The van der Waals surface area contributed by atoms with Crippen molar-refractivity contribution in [3.05, 3.63) is 57.5 Å². The van der Waals surface area contributed by atoms with Crippen molar-refractivity contribution in [1.82, 2.24) is 4.90 Å². The maximum Gasteiger partial charge on any atom is 0.278 e. The second kappa shape index (κ2) is 7.83. The van der Waals surface area contributed by atoms with Gasteiger partial charge in [0.2, 0.25) is 5.91 Å². The lowest BCUT2D eigenvalue weighted by molar-refractivity contribution is -0.384. The number of rotatable bonds is 4. The summed E-state index contributed by atoms with van der Waals surface area (Å²) in [5, 5.41) is 11.2. The van der Waals surface area contributed by atoms with E-state index < -0.39 is 5.79 Å². The lowest BCUT2D eigenvalue weighted by Crippen LogP contribution is -2.46. The van der Waals surface area contributed by atoms with Gasteiger partial charge in [0.15, 0.2) is 5.79 Å². The van der Waals surface area contributed by atoms with Gasteiger partial charge in [0.1, 0.15) is 0 Å². The van der Waals surface area contributed by atoms with Gasteiger partial charge in [-0.15, -0.1) is 11.3 Å². The molecule has 2 aliphatic rings. The maximum atomic E-state index is 12.5. The molecule has 1 spiro atoms. The fourth-order valence-electron chi connectivity index (χ4n) is 3.54. The zero-order valence-electron chi connectivity index (χ0n) is 15.2. The van der Waals surface area contributed by atoms with Gasteiger partial charge in [0.25, 0.3) is 5.69 Å². The van der Waals surface area contributed by atoms with Crippen LogP contribution in [0.5, 0.6) is 0 Å². The smallest absolute Gasteiger partial charge is 0.278 e. The molecular weight excluding hydrogens is 380 g/mol. The summed E-state index contributed by atoms with van der Waals surface area (Å²) < 4.78 is 11.4. The summed E-state index contributed by atoms with van der Waals surface area (Å²) in [5.41, 5.74) is 0.663. The molecule has 1 amide bonds. The molecule has 2 fully saturated rings. The van der Waals surface area contributed by atoms with Crippen molar-refractivity contribution in [1.29, 1.82) is 0 Å². The number of ether oxygens (including phenoxy) is 2. The first-order valence-electron chi connectivity index (χ1n) is 9.15. The Morgan fingerprint density at radius 3 is 2.57 bits per heavy atom. The molecule has 1 aromatic carbocycles. The van der Waals surface area contributed by atoms with E-state index in [1.807, 2.05) is 12.1 Å². The molecule has 2 aromatic rings. The highest BCUT2D eigenvalue weighted by atomic mass is 32.1. The van der Waals surface area contributed by atoms with Gasteiger partial charge in [-0.05, 0) is 24.3 Å². The zero-order chi connectivity index (χ0) is 19.6. The highest BCUT2D eigenvalue weighted by Gasteiger charge is 2.40. The van der Waals surface area contributed by atoms with Crippen LogP contribution in [0.3, 0.4) is 0 Å². The van der Waals surface area contributed by atoms with Crippen LogP contribution in [0.2, 0.25) is 0 Å². The van der Waals surface area contributed by atoms with E-state index >= 15 is 0 Å². The van der Waals surface area contributed by atoms with Crippen molar-refractivity contribution in [3.63, 3.8) is 0 Å². The summed E-state index contributed by atoms with van der Waals surface area (Å²) in [4.78, 5) is 26.8. The third kappa shape index (κ3) is 3.84. The molecule has 3 heterocycles. The molecule has 2 aliphatic heterocycles. The Kier molecular flexibility index (Phi) is 5.25. The third-order valence-corrected chi connectivity index (χ3v) is 6.12. The number of carbonyl (C=O) groups is 1. The van der Waals surface area contributed by atoms with Crippen LogP contribution in [-0.2, 0) is 14.3 Å². The van der Waals surface area contributed by atoms with Gasteiger partial charge >= 0.3 is 0 Å². The Morgan fingerprint density at radius 1 is 1.14 bits per heavy atom. The number of amides is 1. The highest BCUT2D eigenvalue weighted by molar-refractivity contribution is 7.16. The number of para-hydroxylation sites is 1.